The quantitative estimate of drug-likeness (QED) is 0.737. The van der Waals surface area contributed by atoms with Gasteiger partial charge in [-0.15, -0.1) is 0 Å². The number of aliphatic hydroxyl groups excluding tert-OH is 1. The molecular weight excluding hydrogens is 390 g/mol. The van der Waals surface area contributed by atoms with Gasteiger partial charge in [-0.05, 0) is 44.1 Å². The zero-order chi connectivity index (χ0) is 20.6. The first-order chi connectivity index (χ1) is 14.0. The van der Waals surface area contributed by atoms with Crippen LogP contribution in [0.25, 0.3) is 11.3 Å². The molecule has 156 valence electrons. The zero-order valence-electron chi connectivity index (χ0n) is 17.0. The predicted octanol–water partition coefficient (Wildman–Crippen LogP) is 3.10. The predicted molar refractivity (Wildman–Crippen MR) is 113 cm³/mol. The van der Waals surface area contributed by atoms with Crippen LogP contribution in [-0.4, -0.2) is 46.3 Å². The number of ether oxygens (including phenoxy) is 1. The Bertz CT molecular complexity index is 899. The number of halogens is 1. The Kier molecular flexibility index (Phi) is 5.64. The number of aryl methyl sites for hydroxylation is 1. The molecule has 3 heterocycles. The van der Waals surface area contributed by atoms with E-state index >= 15 is 0 Å². The molecule has 1 aliphatic carbocycles. The molecule has 7 nitrogen and oxygen atoms in total. The van der Waals surface area contributed by atoms with Gasteiger partial charge in [-0.25, -0.2) is 15.0 Å². The number of methoxy groups -OCH3 is 1. The van der Waals surface area contributed by atoms with Gasteiger partial charge in [0.1, 0.15) is 10.8 Å². The largest absolute Gasteiger partial charge is 0.481 e. The second-order valence-corrected chi connectivity index (χ2v) is 8.48. The van der Waals surface area contributed by atoms with Crippen molar-refractivity contribution in [3.05, 3.63) is 28.7 Å². The Hall–Kier alpha value is -1.96. The van der Waals surface area contributed by atoms with Gasteiger partial charge in [-0.1, -0.05) is 18.0 Å². The first-order valence-electron chi connectivity index (χ1n) is 10.2. The van der Waals surface area contributed by atoms with Crippen molar-refractivity contribution in [2.24, 2.45) is 11.1 Å². The molecule has 1 saturated heterocycles. The third-order valence-corrected chi connectivity index (χ3v) is 6.88. The molecule has 1 atom stereocenters. The summed E-state index contributed by atoms with van der Waals surface area (Å²) in [4.78, 5) is 16.0. The van der Waals surface area contributed by atoms with Gasteiger partial charge in [-0.3, -0.25) is 0 Å². The molecule has 8 heteroatoms. The van der Waals surface area contributed by atoms with E-state index in [0.717, 1.165) is 43.9 Å². The van der Waals surface area contributed by atoms with Gasteiger partial charge in [0.15, 0.2) is 5.82 Å². The number of hydrogen-bond acceptors (Lipinski definition) is 7. The molecule has 0 aromatic carbocycles. The van der Waals surface area contributed by atoms with Crippen molar-refractivity contribution >= 4 is 17.4 Å². The SMILES string of the molecule is COc1ccc(-c2nc(CO)c(N3CCC4(CCCC4N)CC3)nc2C)c(Cl)n1. The van der Waals surface area contributed by atoms with Gasteiger partial charge in [-0.2, -0.15) is 0 Å². The van der Waals surface area contributed by atoms with Crippen LogP contribution >= 0.6 is 11.6 Å². The monoisotopic (exact) mass is 417 g/mol. The second-order valence-electron chi connectivity index (χ2n) is 8.13. The van der Waals surface area contributed by atoms with Crippen LogP contribution in [-0.2, 0) is 6.61 Å². The fourth-order valence-electron chi connectivity index (χ4n) is 4.81. The standard InChI is InChI=1S/C21H28ClN5O2/c1-13-18(14-5-6-17(29-2)26-19(14)22)25-15(12-28)20(24-13)27-10-8-21(9-11-27)7-3-4-16(21)23/h5-6,16,28H,3-4,7-12,23H2,1-2H3. The third-order valence-electron chi connectivity index (χ3n) is 6.59. The summed E-state index contributed by atoms with van der Waals surface area (Å²) in [6.07, 6.45) is 5.71. The minimum Gasteiger partial charge on any atom is -0.481 e. The highest BCUT2D eigenvalue weighted by Gasteiger charge is 2.43. The van der Waals surface area contributed by atoms with Crippen molar-refractivity contribution in [1.29, 1.82) is 0 Å². The average molecular weight is 418 g/mol. The highest BCUT2D eigenvalue weighted by atomic mass is 35.5. The Balaban J connectivity index is 1.62. The average Bonchev–Trinajstić information content (AvgIpc) is 3.08. The van der Waals surface area contributed by atoms with E-state index in [1.807, 2.05) is 13.0 Å². The van der Waals surface area contributed by atoms with Gasteiger partial charge in [0.2, 0.25) is 5.88 Å². The second kappa shape index (κ2) is 8.05. The number of nitrogens with two attached hydrogens (primary N) is 1. The summed E-state index contributed by atoms with van der Waals surface area (Å²) in [6, 6.07) is 3.86. The molecule has 1 saturated carbocycles. The van der Waals surface area contributed by atoms with Crippen molar-refractivity contribution in [1.82, 2.24) is 15.0 Å². The van der Waals surface area contributed by atoms with E-state index in [1.165, 1.54) is 12.8 Å². The molecule has 29 heavy (non-hydrogen) atoms. The van der Waals surface area contributed by atoms with E-state index in [1.54, 1.807) is 13.2 Å². The molecule has 1 spiro atoms. The zero-order valence-corrected chi connectivity index (χ0v) is 17.7. The van der Waals surface area contributed by atoms with Crippen LogP contribution < -0.4 is 15.4 Å². The minimum atomic E-state index is -0.183. The first-order valence-corrected chi connectivity index (χ1v) is 10.5. The Morgan fingerprint density at radius 1 is 1.24 bits per heavy atom. The highest BCUT2D eigenvalue weighted by Crippen LogP contribution is 2.46. The molecule has 1 unspecified atom stereocenters. The molecule has 2 aliphatic rings. The van der Waals surface area contributed by atoms with Crippen LogP contribution in [0.3, 0.4) is 0 Å². The molecule has 4 rings (SSSR count). The fraction of sp³-hybridized carbons (Fsp3) is 0.571. The molecular formula is C21H28ClN5O2. The van der Waals surface area contributed by atoms with Gasteiger partial charge in [0, 0.05) is 30.8 Å². The van der Waals surface area contributed by atoms with Crippen molar-refractivity contribution in [3.63, 3.8) is 0 Å². The first kappa shape index (κ1) is 20.3. The maximum absolute atomic E-state index is 9.99. The van der Waals surface area contributed by atoms with Crippen LogP contribution in [0.1, 0.15) is 43.5 Å². The van der Waals surface area contributed by atoms with Crippen LogP contribution in [0, 0.1) is 12.3 Å². The summed E-state index contributed by atoms with van der Waals surface area (Å²) in [6.45, 7) is 3.50. The molecule has 2 aromatic rings. The summed E-state index contributed by atoms with van der Waals surface area (Å²) in [7, 11) is 1.54. The third kappa shape index (κ3) is 3.67. The van der Waals surface area contributed by atoms with Crippen molar-refractivity contribution in [2.45, 2.75) is 51.7 Å². The summed E-state index contributed by atoms with van der Waals surface area (Å²) in [5.74, 6) is 1.20. The van der Waals surface area contributed by atoms with Gasteiger partial charge in [0.05, 0.1) is 25.1 Å². The molecule has 3 N–H and O–H groups in total. The molecule has 1 aliphatic heterocycles. The summed E-state index contributed by atoms with van der Waals surface area (Å²) in [5.41, 5.74) is 9.31. The van der Waals surface area contributed by atoms with Gasteiger partial charge < -0.3 is 20.5 Å². The van der Waals surface area contributed by atoms with Crippen LogP contribution in [0.15, 0.2) is 12.1 Å². The topological polar surface area (TPSA) is 97.4 Å². The molecule has 0 bridgehead atoms. The summed E-state index contributed by atoms with van der Waals surface area (Å²) >= 11 is 6.34. The molecule has 2 aromatic heterocycles. The number of rotatable bonds is 4. The number of nitrogens with zero attached hydrogens (tertiary/aromatic N) is 4. The number of hydrogen-bond donors (Lipinski definition) is 2. The highest BCUT2D eigenvalue weighted by molar-refractivity contribution is 6.32. The normalized spacial score (nSPS) is 21.0. The Morgan fingerprint density at radius 2 is 2.00 bits per heavy atom. The van der Waals surface area contributed by atoms with E-state index in [0.29, 0.717) is 34.0 Å². The maximum Gasteiger partial charge on any atom is 0.214 e. The van der Waals surface area contributed by atoms with Crippen molar-refractivity contribution in [3.8, 4) is 17.1 Å². The Morgan fingerprint density at radius 3 is 2.59 bits per heavy atom. The van der Waals surface area contributed by atoms with E-state index in [9.17, 15) is 5.11 Å². The Labute approximate surface area is 176 Å². The number of aliphatic hydroxyl groups is 1. The molecule has 2 fully saturated rings. The van der Waals surface area contributed by atoms with Crippen molar-refractivity contribution in [2.75, 3.05) is 25.1 Å². The lowest BCUT2D eigenvalue weighted by Crippen LogP contribution is -2.47. The lowest BCUT2D eigenvalue weighted by atomic mass is 9.74. The number of pyridine rings is 1. The fourth-order valence-corrected chi connectivity index (χ4v) is 5.05. The van der Waals surface area contributed by atoms with E-state index in [-0.39, 0.29) is 12.0 Å². The number of piperidine rings is 1. The molecule has 0 radical (unpaired) electrons. The lowest BCUT2D eigenvalue weighted by Gasteiger charge is -2.42. The summed E-state index contributed by atoms with van der Waals surface area (Å²) < 4.78 is 5.12. The van der Waals surface area contributed by atoms with Crippen LogP contribution in [0.2, 0.25) is 5.15 Å². The number of anilines is 1. The van der Waals surface area contributed by atoms with Gasteiger partial charge >= 0.3 is 0 Å². The summed E-state index contributed by atoms with van der Waals surface area (Å²) in [5, 5.41) is 10.3. The maximum atomic E-state index is 9.99. The van der Waals surface area contributed by atoms with Gasteiger partial charge in [0.25, 0.3) is 0 Å². The van der Waals surface area contributed by atoms with E-state index < -0.39 is 0 Å². The van der Waals surface area contributed by atoms with Crippen LogP contribution in [0.5, 0.6) is 5.88 Å². The van der Waals surface area contributed by atoms with Crippen molar-refractivity contribution < 1.29 is 9.84 Å². The number of aromatic nitrogens is 3. The van der Waals surface area contributed by atoms with Crippen LogP contribution in [0.4, 0.5) is 5.82 Å². The lowest BCUT2D eigenvalue weighted by molar-refractivity contribution is 0.196. The van der Waals surface area contributed by atoms with E-state index in [4.69, 9.17) is 32.0 Å². The minimum absolute atomic E-state index is 0.183. The van der Waals surface area contributed by atoms with E-state index in [2.05, 4.69) is 9.88 Å². The smallest absolute Gasteiger partial charge is 0.214 e. The molecule has 0 amide bonds.